The monoisotopic (exact) mass is 430 g/mol. The van der Waals surface area contributed by atoms with Crippen molar-refractivity contribution in [3.8, 4) is 0 Å². The van der Waals surface area contributed by atoms with Crippen molar-refractivity contribution in [3.05, 3.63) is 11.1 Å². The van der Waals surface area contributed by atoms with E-state index in [1.165, 1.54) is 5.38 Å². The number of nitrogen functional groups attached to an aromatic ring is 1. The smallest absolute Gasteiger partial charge is 0.344 e. The van der Waals surface area contributed by atoms with E-state index in [0.29, 0.717) is 5.06 Å². The van der Waals surface area contributed by atoms with Crippen molar-refractivity contribution in [1.29, 1.82) is 0 Å². The summed E-state index contributed by atoms with van der Waals surface area (Å²) in [6.45, 7) is -1.77. The van der Waals surface area contributed by atoms with Crippen LogP contribution in [0.3, 0.4) is 0 Å². The van der Waals surface area contributed by atoms with Crippen molar-refractivity contribution >= 4 is 51.8 Å². The zero-order chi connectivity index (χ0) is 21.7. The molecule has 1 fully saturated rings. The van der Waals surface area contributed by atoms with Crippen LogP contribution < -0.4 is 16.8 Å². The second-order valence-electron chi connectivity index (χ2n) is 5.31. The summed E-state index contributed by atoms with van der Waals surface area (Å²) in [5, 5.41) is 24.6. The molecule has 0 aromatic carbocycles. The molecule has 0 saturated carbocycles. The van der Waals surface area contributed by atoms with Crippen molar-refractivity contribution < 1.29 is 43.9 Å². The minimum Gasteiger partial charge on any atom is -0.479 e. The first kappa shape index (κ1) is 21.5. The van der Waals surface area contributed by atoms with Gasteiger partial charge in [-0.1, -0.05) is 5.16 Å². The number of carboxylic acids is 2. The number of carbonyl (C=O) groups excluding carboxylic acids is 3. The van der Waals surface area contributed by atoms with Crippen LogP contribution in [0.2, 0.25) is 0 Å². The molecule has 0 radical (unpaired) electrons. The van der Waals surface area contributed by atoms with Gasteiger partial charge in [0.25, 0.3) is 11.8 Å². The maximum absolute atomic E-state index is 12.5. The fraction of sp³-hybridized carbons (Fsp3) is 0.308. The molecule has 1 aliphatic rings. The van der Waals surface area contributed by atoms with E-state index in [1.54, 1.807) is 0 Å². The standard InChI is InChI=1S/C13H14N6O9S/c14-10(24)9-8(12(26)19(9)28-2-6(22)23)17-11(25)7(18-27-1-5(20)21)4-3-29-13(15)16-4/h3,8-9H,1-2H2,(H2,14,24)(H2,15,16)(H,17,25)(H,20,21)(H,22,23)/t8-,9-/m0/s1. The van der Waals surface area contributed by atoms with Crippen LogP contribution in [0.25, 0.3) is 0 Å². The van der Waals surface area contributed by atoms with E-state index in [1.807, 2.05) is 0 Å². The Labute approximate surface area is 164 Å². The highest BCUT2D eigenvalue weighted by molar-refractivity contribution is 7.13. The largest absolute Gasteiger partial charge is 0.479 e. The molecule has 0 spiro atoms. The van der Waals surface area contributed by atoms with Crippen LogP contribution in [-0.4, -0.2) is 80.9 Å². The van der Waals surface area contributed by atoms with Crippen LogP contribution in [0.1, 0.15) is 5.69 Å². The van der Waals surface area contributed by atoms with E-state index in [-0.39, 0.29) is 10.8 Å². The molecule has 0 unspecified atom stereocenters. The SMILES string of the molecule is NC(=O)[C@@H]1[C@H](NC(=O)C(=NOCC(=O)O)c2csc(N)n2)C(=O)N1OCC(=O)O. The Kier molecular flexibility index (Phi) is 6.63. The number of amides is 3. The minimum absolute atomic E-state index is 0.0710. The van der Waals surface area contributed by atoms with E-state index in [2.05, 4.69) is 25.1 Å². The van der Waals surface area contributed by atoms with Gasteiger partial charge < -0.3 is 31.8 Å². The van der Waals surface area contributed by atoms with Crippen molar-refractivity contribution in [2.45, 2.75) is 12.1 Å². The second-order valence-corrected chi connectivity index (χ2v) is 6.20. The van der Waals surface area contributed by atoms with Crippen LogP contribution in [0.4, 0.5) is 5.13 Å². The van der Waals surface area contributed by atoms with Gasteiger partial charge in [0.2, 0.25) is 12.5 Å². The van der Waals surface area contributed by atoms with Crippen LogP contribution in [-0.2, 0) is 33.6 Å². The fourth-order valence-corrected chi connectivity index (χ4v) is 2.66. The number of hydrogen-bond donors (Lipinski definition) is 5. The van der Waals surface area contributed by atoms with E-state index >= 15 is 0 Å². The number of rotatable bonds is 10. The van der Waals surface area contributed by atoms with Crippen molar-refractivity contribution in [3.63, 3.8) is 0 Å². The number of oxime groups is 1. The summed E-state index contributed by atoms with van der Waals surface area (Å²) in [5.41, 5.74) is 10.1. The van der Waals surface area contributed by atoms with E-state index in [9.17, 15) is 24.0 Å². The van der Waals surface area contributed by atoms with Gasteiger partial charge in [-0.2, -0.15) is 0 Å². The van der Waals surface area contributed by atoms with Gasteiger partial charge in [0.1, 0.15) is 11.7 Å². The first-order valence-electron chi connectivity index (χ1n) is 7.53. The van der Waals surface area contributed by atoms with Gasteiger partial charge in [-0.15, -0.1) is 11.3 Å². The van der Waals surface area contributed by atoms with E-state index in [4.69, 9.17) is 21.7 Å². The lowest BCUT2D eigenvalue weighted by molar-refractivity contribution is -0.234. The summed E-state index contributed by atoms with van der Waals surface area (Å²) >= 11 is 0.953. The van der Waals surface area contributed by atoms with E-state index in [0.717, 1.165) is 11.3 Å². The van der Waals surface area contributed by atoms with Gasteiger partial charge in [-0.3, -0.25) is 19.2 Å². The molecule has 29 heavy (non-hydrogen) atoms. The third kappa shape index (κ3) is 5.14. The number of nitrogens with two attached hydrogens (primary N) is 2. The van der Waals surface area contributed by atoms with Gasteiger partial charge in [-0.25, -0.2) is 19.6 Å². The average Bonchev–Trinajstić information content (AvgIpc) is 3.05. The summed E-state index contributed by atoms with van der Waals surface area (Å²) in [6, 6.07) is -2.96. The molecular formula is C13H14N6O9S. The van der Waals surface area contributed by atoms with Crippen LogP contribution in [0, 0.1) is 0 Å². The second kappa shape index (κ2) is 8.93. The summed E-state index contributed by atoms with van der Waals surface area (Å²) in [4.78, 5) is 70.3. The summed E-state index contributed by atoms with van der Waals surface area (Å²) in [7, 11) is 0. The van der Waals surface area contributed by atoms with Crippen molar-refractivity contribution in [1.82, 2.24) is 15.4 Å². The maximum Gasteiger partial charge on any atom is 0.344 e. The Hall–Kier alpha value is -3.79. The first-order valence-corrected chi connectivity index (χ1v) is 8.40. The number of thiazole rings is 1. The summed E-state index contributed by atoms with van der Waals surface area (Å²) in [6.07, 6.45) is 0. The lowest BCUT2D eigenvalue weighted by Crippen LogP contribution is -2.74. The van der Waals surface area contributed by atoms with E-state index < -0.39 is 60.7 Å². The zero-order valence-corrected chi connectivity index (χ0v) is 15.1. The lowest BCUT2D eigenvalue weighted by Gasteiger charge is -2.43. The normalized spacial score (nSPS) is 18.7. The predicted octanol–water partition coefficient (Wildman–Crippen LogP) is -3.27. The molecule has 1 saturated heterocycles. The predicted molar refractivity (Wildman–Crippen MR) is 92.0 cm³/mol. The Morgan fingerprint density at radius 1 is 1.28 bits per heavy atom. The molecule has 3 amide bonds. The van der Waals surface area contributed by atoms with Gasteiger partial charge >= 0.3 is 11.9 Å². The quantitative estimate of drug-likeness (QED) is 0.140. The molecule has 2 heterocycles. The topological polar surface area (TPSA) is 237 Å². The number of anilines is 1. The molecule has 16 heteroatoms. The lowest BCUT2D eigenvalue weighted by atomic mass is 9.97. The molecule has 1 aromatic heterocycles. The molecule has 1 aliphatic heterocycles. The fourth-order valence-electron chi connectivity index (χ4n) is 2.11. The molecule has 0 aliphatic carbocycles. The number of carbonyl (C=O) groups is 5. The molecule has 2 atom stereocenters. The number of hydrogen-bond acceptors (Lipinski definition) is 11. The van der Waals surface area contributed by atoms with Gasteiger partial charge in [0, 0.05) is 5.38 Å². The number of carboxylic acid groups (broad SMARTS) is 2. The third-order valence-electron chi connectivity index (χ3n) is 3.28. The Morgan fingerprint density at radius 3 is 2.45 bits per heavy atom. The Bertz CT molecular complexity index is 884. The number of aliphatic carboxylic acids is 2. The highest BCUT2D eigenvalue weighted by Gasteiger charge is 2.53. The Balaban J connectivity index is 2.17. The molecule has 0 bridgehead atoms. The molecule has 156 valence electrons. The molecule has 1 aromatic rings. The van der Waals surface area contributed by atoms with Crippen LogP contribution in [0.15, 0.2) is 10.5 Å². The van der Waals surface area contributed by atoms with Gasteiger partial charge in [0.15, 0.2) is 23.5 Å². The summed E-state index contributed by atoms with van der Waals surface area (Å²) < 4.78 is 0. The molecular weight excluding hydrogens is 416 g/mol. The van der Waals surface area contributed by atoms with Gasteiger partial charge in [0.05, 0.1) is 0 Å². The van der Waals surface area contributed by atoms with Crippen molar-refractivity contribution in [2.24, 2.45) is 10.9 Å². The molecule has 2 rings (SSSR count). The number of nitrogens with one attached hydrogen (secondary N) is 1. The van der Waals surface area contributed by atoms with Gasteiger partial charge in [-0.05, 0) is 0 Å². The first-order chi connectivity index (χ1) is 13.6. The van der Waals surface area contributed by atoms with Crippen molar-refractivity contribution in [2.75, 3.05) is 18.9 Å². The number of primary amides is 1. The highest BCUT2D eigenvalue weighted by Crippen LogP contribution is 2.21. The molecule has 7 N–H and O–H groups in total. The third-order valence-corrected chi connectivity index (χ3v) is 3.95. The number of aromatic nitrogens is 1. The van der Waals surface area contributed by atoms with Crippen LogP contribution >= 0.6 is 11.3 Å². The minimum atomic E-state index is -1.48. The zero-order valence-electron chi connectivity index (χ0n) is 14.3. The molecule has 15 nitrogen and oxygen atoms in total. The average molecular weight is 430 g/mol. The number of nitrogens with zero attached hydrogens (tertiary/aromatic N) is 3. The number of hydroxylamine groups is 2. The maximum atomic E-state index is 12.5. The highest BCUT2D eigenvalue weighted by atomic mass is 32.1. The summed E-state index contributed by atoms with van der Waals surface area (Å²) in [5.74, 6) is -5.82. The number of β-lactam (4-membered cyclic amide) rings is 1. The van der Waals surface area contributed by atoms with Crippen LogP contribution in [0.5, 0.6) is 0 Å². The Morgan fingerprint density at radius 2 is 1.93 bits per heavy atom.